The topological polar surface area (TPSA) is 65.7 Å². The van der Waals surface area contributed by atoms with E-state index >= 15 is 0 Å². The van der Waals surface area contributed by atoms with Gasteiger partial charge in [0.05, 0.1) is 24.7 Å². The quantitative estimate of drug-likeness (QED) is 0.599. The lowest BCUT2D eigenvalue weighted by molar-refractivity contribution is 0.0800. The minimum atomic E-state index is -0.687. The van der Waals surface area contributed by atoms with Crippen LogP contribution in [0.2, 0.25) is 0 Å². The average Bonchev–Trinajstić information content (AvgIpc) is 3.40. The molecule has 0 amide bonds. The van der Waals surface area contributed by atoms with Crippen molar-refractivity contribution in [1.82, 2.24) is 9.55 Å². The van der Waals surface area contributed by atoms with Crippen molar-refractivity contribution in [3.63, 3.8) is 0 Å². The first-order chi connectivity index (χ1) is 14.9. The van der Waals surface area contributed by atoms with Gasteiger partial charge in [-0.3, -0.25) is 0 Å². The van der Waals surface area contributed by atoms with Crippen LogP contribution in [0.4, 0.5) is 0 Å². The molecule has 0 bridgehead atoms. The van der Waals surface area contributed by atoms with Gasteiger partial charge in [0.1, 0.15) is 36.1 Å². The van der Waals surface area contributed by atoms with E-state index in [1.54, 1.807) is 7.11 Å². The van der Waals surface area contributed by atoms with Crippen LogP contribution in [0.25, 0.3) is 11.0 Å². The number of aromatic nitrogens is 2. The van der Waals surface area contributed by atoms with Crippen molar-refractivity contribution >= 4 is 11.0 Å². The zero-order chi connectivity index (χ0) is 22.0. The van der Waals surface area contributed by atoms with Crippen LogP contribution in [-0.2, 0) is 16.7 Å². The van der Waals surface area contributed by atoms with E-state index in [1.807, 2.05) is 42.5 Å². The van der Waals surface area contributed by atoms with E-state index in [9.17, 15) is 5.11 Å². The summed E-state index contributed by atoms with van der Waals surface area (Å²) in [7, 11) is 1.66. The maximum atomic E-state index is 10.9. The first-order valence-corrected chi connectivity index (χ1v) is 10.9. The Morgan fingerprint density at radius 2 is 2.03 bits per heavy atom. The number of para-hydroxylation sites is 2. The summed E-state index contributed by atoms with van der Waals surface area (Å²) in [5.74, 6) is 2.45. The SMILES string of the molecule is COc1ccc(OCC(O)Cn2c(C3CCCO3)nc3ccccc32)c(C(C)(C)C)c1. The number of methoxy groups -OCH3 is 1. The molecule has 2 heterocycles. The Hall–Kier alpha value is -2.57. The summed E-state index contributed by atoms with van der Waals surface area (Å²) >= 11 is 0. The molecule has 0 aliphatic carbocycles. The fraction of sp³-hybridized carbons (Fsp3) is 0.480. The number of imidazole rings is 1. The fourth-order valence-electron chi connectivity index (χ4n) is 4.11. The van der Waals surface area contributed by atoms with Crippen LogP contribution in [-0.4, -0.2) is 41.1 Å². The van der Waals surface area contributed by atoms with E-state index in [4.69, 9.17) is 19.2 Å². The van der Waals surface area contributed by atoms with Gasteiger partial charge in [0.15, 0.2) is 0 Å². The second kappa shape index (κ2) is 8.89. The molecule has 3 aromatic rings. The van der Waals surface area contributed by atoms with E-state index in [-0.39, 0.29) is 18.1 Å². The Labute approximate surface area is 183 Å². The minimum absolute atomic E-state index is 0.0189. The van der Waals surface area contributed by atoms with E-state index < -0.39 is 6.10 Å². The highest BCUT2D eigenvalue weighted by atomic mass is 16.5. The lowest BCUT2D eigenvalue weighted by atomic mass is 9.86. The number of aliphatic hydroxyl groups excluding tert-OH is 1. The van der Waals surface area contributed by atoms with Crippen molar-refractivity contribution in [2.45, 2.75) is 57.8 Å². The number of hydrogen-bond donors (Lipinski definition) is 1. The third kappa shape index (κ3) is 4.70. The van der Waals surface area contributed by atoms with E-state index in [1.165, 1.54) is 0 Å². The molecule has 1 fully saturated rings. The summed E-state index contributed by atoms with van der Waals surface area (Å²) in [4.78, 5) is 4.80. The number of benzene rings is 2. The maximum absolute atomic E-state index is 10.9. The first-order valence-electron chi connectivity index (χ1n) is 10.9. The molecule has 1 aliphatic rings. The minimum Gasteiger partial charge on any atom is -0.497 e. The van der Waals surface area contributed by atoms with Crippen molar-refractivity contribution in [2.24, 2.45) is 0 Å². The molecule has 31 heavy (non-hydrogen) atoms. The van der Waals surface area contributed by atoms with Crippen LogP contribution in [0.5, 0.6) is 11.5 Å². The molecular formula is C25H32N2O4. The van der Waals surface area contributed by atoms with Gasteiger partial charge in [0, 0.05) is 12.2 Å². The van der Waals surface area contributed by atoms with Gasteiger partial charge >= 0.3 is 0 Å². The normalized spacial score (nSPS) is 17.8. The van der Waals surface area contributed by atoms with Gasteiger partial charge in [-0.15, -0.1) is 0 Å². The Kier molecular flexibility index (Phi) is 6.21. The smallest absolute Gasteiger partial charge is 0.139 e. The summed E-state index contributed by atoms with van der Waals surface area (Å²) in [5.41, 5.74) is 2.87. The predicted molar refractivity (Wildman–Crippen MR) is 121 cm³/mol. The molecule has 2 aromatic carbocycles. The molecule has 2 unspecified atom stereocenters. The van der Waals surface area contributed by atoms with Crippen LogP contribution in [0.1, 0.15) is 51.1 Å². The summed E-state index contributed by atoms with van der Waals surface area (Å²) in [6.07, 6.45) is 1.28. The van der Waals surface area contributed by atoms with Gasteiger partial charge in [-0.2, -0.15) is 0 Å². The van der Waals surface area contributed by atoms with Crippen molar-refractivity contribution in [2.75, 3.05) is 20.3 Å². The van der Waals surface area contributed by atoms with Crippen molar-refractivity contribution in [1.29, 1.82) is 0 Å². The zero-order valence-electron chi connectivity index (χ0n) is 18.8. The van der Waals surface area contributed by atoms with Crippen molar-refractivity contribution < 1.29 is 19.3 Å². The van der Waals surface area contributed by atoms with Crippen molar-refractivity contribution in [3.05, 3.63) is 53.9 Å². The Morgan fingerprint density at radius 1 is 1.23 bits per heavy atom. The number of aliphatic hydroxyl groups is 1. The molecule has 166 valence electrons. The number of nitrogens with zero attached hydrogens (tertiary/aromatic N) is 2. The molecule has 1 saturated heterocycles. The molecule has 0 spiro atoms. The third-order valence-corrected chi connectivity index (χ3v) is 5.72. The van der Waals surface area contributed by atoms with Gasteiger partial charge < -0.3 is 23.9 Å². The summed E-state index contributed by atoms with van der Waals surface area (Å²) in [5, 5.41) is 10.9. The lowest BCUT2D eigenvalue weighted by Gasteiger charge is -2.24. The first kappa shape index (κ1) is 21.7. The van der Waals surface area contributed by atoms with Gasteiger partial charge in [0.25, 0.3) is 0 Å². The van der Waals surface area contributed by atoms with Crippen LogP contribution < -0.4 is 9.47 Å². The number of hydrogen-bond acceptors (Lipinski definition) is 5. The van der Waals surface area contributed by atoms with Crippen LogP contribution >= 0.6 is 0 Å². The summed E-state index contributed by atoms with van der Waals surface area (Å²) in [6, 6.07) is 13.8. The standard InChI is InChI=1S/C25H32N2O4/c1-25(2,3)19-14-18(29-4)11-12-22(19)31-16-17(28)15-27-21-9-6-5-8-20(21)26-24(27)23-10-7-13-30-23/h5-6,8-9,11-12,14,17,23,28H,7,10,13,15-16H2,1-4H3. The lowest BCUT2D eigenvalue weighted by Crippen LogP contribution is -2.26. The molecule has 1 aliphatic heterocycles. The second-order valence-electron chi connectivity index (χ2n) is 9.15. The highest BCUT2D eigenvalue weighted by Crippen LogP contribution is 2.35. The Balaban J connectivity index is 1.53. The third-order valence-electron chi connectivity index (χ3n) is 5.72. The van der Waals surface area contributed by atoms with Crippen molar-refractivity contribution in [3.8, 4) is 11.5 Å². The highest BCUT2D eigenvalue weighted by Gasteiger charge is 2.26. The van der Waals surface area contributed by atoms with E-state index in [0.29, 0.717) is 6.54 Å². The molecule has 2 atom stereocenters. The van der Waals surface area contributed by atoms with Crippen LogP contribution in [0, 0.1) is 0 Å². The van der Waals surface area contributed by atoms with Crippen LogP contribution in [0.15, 0.2) is 42.5 Å². The van der Waals surface area contributed by atoms with Gasteiger partial charge in [-0.1, -0.05) is 32.9 Å². The molecule has 6 nitrogen and oxygen atoms in total. The van der Waals surface area contributed by atoms with Gasteiger partial charge in [-0.25, -0.2) is 4.98 Å². The zero-order valence-corrected chi connectivity index (χ0v) is 18.8. The number of ether oxygens (including phenoxy) is 3. The molecule has 0 saturated carbocycles. The molecular weight excluding hydrogens is 392 g/mol. The van der Waals surface area contributed by atoms with E-state index in [2.05, 4.69) is 25.3 Å². The fourth-order valence-corrected chi connectivity index (χ4v) is 4.11. The number of rotatable bonds is 7. The second-order valence-corrected chi connectivity index (χ2v) is 9.15. The molecule has 0 radical (unpaired) electrons. The molecule has 6 heteroatoms. The van der Waals surface area contributed by atoms with Gasteiger partial charge in [-0.05, 0) is 48.6 Å². The Morgan fingerprint density at radius 3 is 2.74 bits per heavy atom. The van der Waals surface area contributed by atoms with Crippen LogP contribution in [0.3, 0.4) is 0 Å². The molecule has 4 rings (SSSR count). The average molecular weight is 425 g/mol. The Bertz CT molecular complexity index is 1030. The largest absolute Gasteiger partial charge is 0.497 e. The maximum Gasteiger partial charge on any atom is 0.139 e. The highest BCUT2D eigenvalue weighted by molar-refractivity contribution is 5.76. The monoisotopic (exact) mass is 424 g/mol. The summed E-state index contributed by atoms with van der Waals surface area (Å²) < 4.78 is 19.4. The number of fused-ring (bicyclic) bond motifs is 1. The van der Waals surface area contributed by atoms with Gasteiger partial charge in [0.2, 0.25) is 0 Å². The molecule has 1 N–H and O–H groups in total. The predicted octanol–water partition coefficient (Wildman–Crippen LogP) is 4.63. The molecule has 1 aromatic heterocycles. The van der Waals surface area contributed by atoms with E-state index in [0.717, 1.165) is 53.4 Å². The summed E-state index contributed by atoms with van der Waals surface area (Å²) in [6.45, 7) is 7.75.